The molecule has 1 aromatic rings. The molecule has 0 spiro atoms. The molecule has 2 N–H and O–H groups in total. The lowest BCUT2D eigenvalue weighted by atomic mass is 10.1. The van der Waals surface area contributed by atoms with Gasteiger partial charge >= 0.3 is 0 Å². The average Bonchev–Trinajstić information content (AvgIpc) is 2.66. The first kappa shape index (κ1) is 11.9. The van der Waals surface area contributed by atoms with Crippen LogP contribution in [0.3, 0.4) is 0 Å². The van der Waals surface area contributed by atoms with Gasteiger partial charge in [-0.25, -0.2) is 0 Å². The van der Waals surface area contributed by atoms with Crippen LogP contribution in [0, 0.1) is 0 Å². The van der Waals surface area contributed by atoms with Crippen LogP contribution in [0.2, 0.25) is 0 Å². The first-order valence-corrected chi connectivity index (χ1v) is 6.55. The predicted octanol–water partition coefficient (Wildman–Crippen LogP) is 0.983. The zero-order valence-corrected chi connectivity index (χ0v) is 10.8. The van der Waals surface area contributed by atoms with Gasteiger partial charge in [0.05, 0.1) is 11.6 Å². The molecule has 1 unspecified atom stereocenters. The van der Waals surface area contributed by atoms with Crippen molar-refractivity contribution >= 4 is 11.8 Å². The van der Waals surface area contributed by atoms with Crippen LogP contribution in [0.15, 0.2) is 4.52 Å². The van der Waals surface area contributed by atoms with Gasteiger partial charge in [-0.1, -0.05) is 5.16 Å². The van der Waals surface area contributed by atoms with Gasteiger partial charge in [-0.3, -0.25) is 4.90 Å². The van der Waals surface area contributed by atoms with E-state index >= 15 is 0 Å². The van der Waals surface area contributed by atoms with E-state index in [2.05, 4.69) is 22.1 Å². The zero-order chi connectivity index (χ0) is 11.8. The molecule has 90 valence electrons. The number of thioether (sulfide) groups is 1. The Morgan fingerprint density at radius 2 is 2.31 bits per heavy atom. The van der Waals surface area contributed by atoms with Gasteiger partial charge < -0.3 is 10.3 Å². The summed E-state index contributed by atoms with van der Waals surface area (Å²) in [7, 11) is 2.09. The molecule has 1 aromatic heterocycles. The lowest BCUT2D eigenvalue weighted by Gasteiger charge is -2.29. The molecule has 1 aliphatic heterocycles. The summed E-state index contributed by atoms with van der Waals surface area (Å²) in [6.45, 7) is 4.79. The van der Waals surface area contributed by atoms with Crippen molar-refractivity contribution in [2.75, 3.05) is 25.1 Å². The van der Waals surface area contributed by atoms with Crippen molar-refractivity contribution in [3.8, 4) is 0 Å². The van der Waals surface area contributed by atoms with Crippen molar-refractivity contribution in [2.24, 2.45) is 5.73 Å². The zero-order valence-electron chi connectivity index (χ0n) is 9.93. The Labute approximate surface area is 99.8 Å². The first-order valence-electron chi connectivity index (χ1n) is 5.39. The van der Waals surface area contributed by atoms with Gasteiger partial charge in [-0.15, -0.1) is 0 Å². The third-order valence-corrected chi connectivity index (χ3v) is 3.71. The molecule has 0 aromatic carbocycles. The van der Waals surface area contributed by atoms with Crippen molar-refractivity contribution in [3.05, 3.63) is 11.7 Å². The highest BCUT2D eigenvalue weighted by atomic mass is 32.2. The molecule has 0 bridgehead atoms. The normalized spacial score (nSPS) is 23.6. The highest BCUT2D eigenvalue weighted by Crippen LogP contribution is 2.27. The van der Waals surface area contributed by atoms with E-state index in [1.165, 1.54) is 5.75 Å². The Morgan fingerprint density at radius 1 is 1.56 bits per heavy atom. The van der Waals surface area contributed by atoms with Crippen LogP contribution in [0.25, 0.3) is 0 Å². The third-order valence-electron chi connectivity index (χ3n) is 2.69. The fraction of sp³-hybridized carbons (Fsp3) is 0.800. The van der Waals surface area contributed by atoms with E-state index in [9.17, 15) is 0 Å². The Hall–Kier alpha value is -0.590. The molecule has 6 heteroatoms. The number of nitrogens with zero attached hydrogens (tertiary/aromatic N) is 3. The largest absolute Gasteiger partial charge is 0.337 e. The maximum Gasteiger partial charge on any atom is 0.246 e. The summed E-state index contributed by atoms with van der Waals surface area (Å²) in [4.78, 5) is 6.66. The van der Waals surface area contributed by atoms with Gasteiger partial charge in [0.15, 0.2) is 5.82 Å². The fourth-order valence-electron chi connectivity index (χ4n) is 1.59. The number of aromatic nitrogens is 2. The molecule has 0 aliphatic carbocycles. The molecule has 1 aliphatic rings. The van der Waals surface area contributed by atoms with E-state index in [1.807, 2.05) is 25.6 Å². The lowest BCUT2D eigenvalue weighted by Crippen LogP contribution is -2.34. The summed E-state index contributed by atoms with van der Waals surface area (Å²) in [6.07, 6.45) is 0. The SMILES string of the molecule is CN1CCSCC1c1noc(C(C)(C)N)n1. The number of rotatable bonds is 2. The van der Waals surface area contributed by atoms with Crippen LogP contribution in [0.4, 0.5) is 0 Å². The maximum absolute atomic E-state index is 5.92. The van der Waals surface area contributed by atoms with Gasteiger partial charge in [0.2, 0.25) is 5.89 Å². The van der Waals surface area contributed by atoms with Crippen LogP contribution >= 0.6 is 11.8 Å². The van der Waals surface area contributed by atoms with Gasteiger partial charge in [-0.2, -0.15) is 16.7 Å². The number of hydrogen-bond donors (Lipinski definition) is 1. The van der Waals surface area contributed by atoms with E-state index in [0.717, 1.165) is 18.1 Å². The fourth-order valence-corrected chi connectivity index (χ4v) is 2.80. The van der Waals surface area contributed by atoms with E-state index in [-0.39, 0.29) is 6.04 Å². The third kappa shape index (κ3) is 2.39. The molecule has 16 heavy (non-hydrogen) atoms. The van der Waals surface area contributed by atoms with E-state index < -0.39 is 5.54 Å². The molecule has 1 fully saturated rings. The van der Waals surface area contributed by atoms with Gasteiger partial charge in [0, 0.05) is 18.1 Å². The Morgan fingerprint density at radius 3 is 2.88 bits per heavy atom. The first-order chi connectivity index (χ1) is 7.48. The molecular weight excluding hydrogens is 224 g/mol. The highest BCUT2D eigenvalue weighted by molar-refractivity contribution is 7.99. The number of hydrogen-bond acceptors (Lipinski definition) is 6. The minimum Gasteiger partial charge on any atom is -0.337 e. The smallest absolute Gasteiger partial charge is 0.246 e. The molecule has 0 saturated carbocycles. The number of nitrogens with two attached hydrogens (primary N) is 1. The molecule has 5 nitrogen and oxygen atoms in total. The Bertz CT molecular complexity index is 360. The van der Waals surface area contributed by atoms with Crippen molar-refractivity contribution in [2.45, 2.75) is 25.4 Å². The van der Waals surface area contributed by atoms with Gasteiger partial charge in [0.1, 0.15) is 0 Å². The van der Waals surface area contributed by atoms with E-state index in [0.29, 0.717) is 5.89 Å². The maximum atomic E-state index is 5.92. The van der Waals surface area contributed by atoms with Crippen molar-refractivity contribution in [1.82, 2.24) is 15.0 Å². The molecular formula is C10H18N4OS. The summed E-state index contributed by atoms with van der Waals surface area (Å²) >= 11 is 1.92. The standard InChI is InChI=1S/C10H18N4OS/c1-10(2,11)9-12-8(13-15-9)7-6-16-5-4-14(7)3/h7H,4-6,11H2,1-3H3. The Balaban J connectivity index is 2.18. The highest BCUT2D eigenvalue weighted by Gasteiger charge is 2.29. The average molecular weight is 242 g/mol. The molecule has 0 radical (unpaired) electrons. The van der Waals surface area contributed by atoms with E-state index in [1.54, 1.807) is 0 Å². The van der Waals surface area contributed by atoms with Gasteiger partial charge in [-0.05, 0) is 20.9 Å². The molecule has 1 atom stereocenters. The van der Waals surface area contributed by atoms with Crippen LogP contribution in [0.1, 0.15) is 31.6 Å². The minimum atomic E-state index is -0.564. The van der Waals surface area contributed by atoms with Crippen LogP contribution in [-0.4, -0.2) is 40.1 Å². The quantitative estimate of drug-likeness (QED) is 0.834. The lowest BCUT2D eigenvalue weighted by molar-refractivity contribution is 0.254. The summed E-state index contributed by atoms with van der Waals surface area (Å²) in [5, 5.41) is 4.04. The summed E-state index contributed by atoms with van der Waals surface area (Å²) in [6, 6.07) is 0.249. The second kappa shape index (κ2) is 4.35. The Kier molecular flexibility index (Phi) is 3.23. The summed E-state index contributed by atoms with van der Waals surface area (Å²) in [5.41, 5.74) is 5.36. The van der Waals surface area contributed by atoms with Gasteiger partial charge in [0.25, 0.3) is 0 Å². The summed E-state index contributed by atoms with van der Waals surface area (Å²) in [5.74, 6) is 3.44. The minimum absolute atomic E-state index is 0.249. The van der Waals surface area contributed by atoms with Crippen LogP contribution in [-0.2, 0) is 5.54 Å². The van der Waals surface area contributed by atoms with Crippen LogP contribution in [0.5, 0.6) is 0 Å². The molecule has 2 rings (SSSR count). The molecule has 1 saturated heterocycles. The van der Waals surface area contributed by atoms with Crippen molar-refractivity contribution < 1.29 is 4.52 Å². The topological polar surface area (TPSA) is 68.2 Å². The van der Waals surface area contributed by atoms with Crippen molar-refractivity contribution in [1.29, 1.82) is 0 Å². The van der Waals surface area contributed by atoms with E-state index in [4.69, 9.17) is 10.3 Å². The summed E-state index contributed by atoms with van der Waals surface area (Å²) < 4.78 is 5.21. The molecule has 2 heterocycles. The molecule has 0 amide bonds. The van der Waals surface area contributed by atoms with Crippen molar-refractivity contribution in [3.63, 3.8) is 0 Å². The monoisotopic (exact) mass is 242 g/mol. The van der Waals surface area contributed by atoms with Crippen LogP contribution < -0.4 is 5.73 Å². The second-order valence-corrected chi connectivity index (χ2v) is 5.90. The second-order valence-electron chi connectivity index (χ2n) is 4.75. The predicted molar refractivity (Wildman–Crippen MR) is 64.2 cm³/mol.